The summed E-state index contributed by atoms with van der Waals surface area (Å²) in [7, 11) is 4.09. The number of pyridine rings is 1. The highest BCUT2D eigenvalue weighted by molar-refractivity contribution is 5.84. The Labute approximate surface area is 197 Å². The van der Waals surface area contributed by atoms with Gasteiger partial charge in [0.1, 0.15) is 23.4 Å². The average molecular weight is 452 g/mol. The number of aryl methyl sites for hydroxylation is 1. The fourth-order valence-electron chi connectivity index (χ4n) is 4.85. The monoisotopic (exact) mass is 451 g/mol. The molecular formula is C26H37N5O2. The van der Waals surface area contributed by atoms with Crippen molar-refractivity contribution >= 4 is 11.6 Å². The second-order valence-electron chi connectivity index (χ2n) is 10.9. The summed E-state index contributed by atoms with van der Waals surface area (Å²) in [6.45, 7) is 9.78. The molecule has 0 radical (unpaired) electrons. The highest BCUT2D eigenvalue weighted by Crippen LogP contribution is 2.32. The quantitative estimate of drug-likeness (QED) is 0.631. The van der Waals surface area contributed by atoms with Gasteiger partial charge in [-0.1, -0.05) is 20.8 Å². The molecule has 7 heteroatoms. The molecular weight excluding hydrogens is 414 g/mol. The standard InChI is InChI=1S/C26H37N5O2/c1-17-12-20(16-30(17)5)33-19-10-11-27-23(13-19)24-28-22-9-7-8-21(22)25(29-24)31(6)15-18(32)14-26(2,3)4/h10-11,13,17,20H,7-9,12,14-16H2,1-6H3/t17-,20-/m1/s1. The molecule has 2 aromatic heterocycles. The number of rotatable bonds is 7. The first-order valence-corrected chi connectivity index (χ1v) is 12.0. The van der Waals surface area contributed by atoms with E-state index in [4.69, 9.17) is 14.7 Å². The third-order valence-electron chi connectivity index (χ3n) is 6.53. The van der Waals surface area contributed by atoms with Crippen LogP contribution in [0.2, 0.25) is 0 Å². The third kappa shape index (κ3) is 5.69. The minimum Gasteiger partial charge on any atom is -0.489 e. The molecule has 0 aromatic carbocycles. The molecule has 0 saturated carbocycles. The lowest BCUT2D eigenvalue weighted by Gasteiger charge is -2.23. The van der Waals surface area contributed by atoms with E-state index in [0.717, 1.165) is 49.5 Å². The van der Waals surface area contributed by atoms with Gasteiger partial charge in [-0.3, -0.25) is 14.7 Å². The van der Waals surface area contributed by atoms with Crippen molar-refractivity contribution < 1.29 is 9.53 Å². The topological polar surface area (TPSA) is 71.5 Å². The molecule has 1 saturated heterocycles. The number of hydrogen-bond donors (Lipinski definition) is 0. The molecule has 2 atom stereocenters. The first-order valence-electron chi connectivity index (χ1n) is 12.0. The number of carbonyl (C=O) groups is 1. The molecule has 3 heterocycles. The van der Waals surface area contributed by atoms with Crippen molar-refractivity contribution in [2.24, 2.45) is 5.41 Å². The Morgan fingerprint density at radius 2 is 2.06 bits per heavy atom. The van der Waals surface area contributed by atoms with Crippen molar-refractivity contribution in [1.29, 1.82) is 0 Å². The average Bonchev–Trinajstić information content (AvgIpc) is 3.31. The van der Waals surface area contributed by atoms with E-state index >= 15 is 0 Å². The molecule has 33 heavy (non-hydrogen) atoms. The van der Waals surface area contributed by atoms with Gasteiger partial charge in [-0.15, -0.1) is 0 Å². The van der Waals surface area contributed by atoms with Crippen LogP contribution in [0, 0.1) is 5.41 Å². The van der Waals surface area contributed by atoms with E-state index in [-0.39, 0.29) is 17.3 Å². The molecule has 0 amide bonds. The molecule has 1 fully saturated rings. The fourth-order valence-corrected chi connectivity index (χ4v) is 4.85. The molecule has 2 aromatic rings. The lowest BCUT2D eigenvalue weighted by molar-refractivity contribution is -0.119. The van der Waals surface area contributed by atoms with E-state index < -0.39 is 0 Å². The number of anilines is 1. The Morgan fingerprint density at radius 3 is 2.76 bits per heavy atom. The van der Waals surface area contributed by atoms with E-state index in [1.807, 2.05) is 24.1 Å². The largest absolute Gasteiger partial charge is 0.489 e. The van der Waals surface area contributed by atoms with E-state index in [0.29, 0.717) is 30.5 Å². The maximum atomic E-state index is 12.6. The predicted octanol–water partition coefficient (Wildman–Crippen LogP) is 3.94. The second-order valence-corrected chi connectivity index (χ2v) is 10.9. The minimum atomic E-state index is -0.0209. The SMILES string of the molecule is C[C@@H]1C[C@@H](Oc2ccnc(-c3nc4c(c(N(C)CC(=O)CC(C)(C)C)n3)CCC4)c2)CN1C. The fraction of sp³-hybridized carbons (Fsp3) is 0.615. The smallest absolute Gasteiger partial charge is 0.180 e. The molecule has 0 bridgehead atoms. The van der Waals surface area contributed by atoms with Gasteiger partial charge in [-0.05, 0) is 44.7 Å². The van der Waals surface area contributed by atoms with Crippen molar-refractivity contribution in [2.75, 3.05) is 32.1 Å². The van der Waals surface area contributed by atoms with Crippen LogP contribution in [0.25, 0.3) is 11.5 Å². The number of carbonyl (C=O) groups excluding carboxylic acids is 1. The Kier molecular flexibility index (Phi) is 6.71. The Hall–Kier alpha value is -2.54. The summed E-state index contributed by atoms with van der Waals surface area (Å²) in [5.74, 6) is 2.48. The summed E-state index contributed by atoms with van der Waals surface area (Å²) in [5.41, 5.74) is 2.93. The summed E-state index contributed by atoms with van der Waals surface area (Å²) in [6.07, 6.45) is 6.45. The number of aromatic nitrogens is 3. The normalized spacial score (nSPS) is 20.7. The maximum Gasteiger partial charge on any atom is 0.180 e. The predicted molar refractivity (Wildman–Crippen MR) is 131 cm³/mol. The van der Waals surface area contributed by atoms with Crippen molar-refractivity contribution in [1.82, 2.24) is 19.9 Å². The number of fused-ring (bicyclic) bond motifs is 1. The lowest BCUT2D eigenvalue weighted by atomic mass is 9.90. The number of ketones is 1. The summed E-state index contributed by atoms with van der Waals surface area (Å²) in [5, 5.41) is 0. The van der Waals surface area contributed by atoms with Gasteiger partial charge in [-0.2, -0.15) is 0 Å². The highest BCUT2D eigenvalue weighted by Gasteiger charge is 2.28. The molecule has 0 N–H and O–H groups in total. The minimum absolute atomic E-state index is 0.0209. The van der Waals surface area contributed by atoms with E-state index in [9.17, 15) is 4.79 Å². The number of likely N-dealkylation sites (N-methyl/N-ethyl adjacent to an activating group) is 2. The number of nitrogens with zero attached hydrogens (tertiary/aromatic N) is 5. The summed E-state index contributed by atoms with van der Waals surface area (Å²) in [4.78, 5) is 31.2. The molecule has 1 aliphatic heterocycles. The lowest BCUT2D eigenvalue weighted by Crippen LogP contribution is -2.30. The van der Waals surface area contributed by atoms with Gasteiger partial charge < -0.3 is 9.64 Å². The zero-order chi connectivity index (χ0) is 23.8. The van der Waals surface area contributed by atoms with Crippen LogP contribution in [0.15, 0.2) is 18.3 Å². The van der Waals surface area contributed by atoms with E-state index in [1.54, 1.807) is 6.20 Å². The van der Waals surface area contributed by atoms with E-state index in [2.05, 4.69) is 44.6 Å². The molecule has 0 spiro atoms. The van der Waals surface area contributed by atoms with Gasteiger partial charge in [0.15, 0.2) is 11.6 Å². The number of likely N-dealkylation sites (tertiary alicyclic amines) is 1. The maximum absolute atomic E-state index is 12.6. The van der Waals surface area contributed by atoms with Gasteiger partial charge >= 0.3 is 0 Å². The number of hydrogen-bond acceptors (Lipinski definition) is 7. The highest BCUT2D eigenvalue weighted by atomic mass is 16.5. The van der Waals surface area contributed by atoms with Gasteiger partial charge in [0.05, 0.1) is 6.54 Å². The van der Waals surface area contributed by atoms with Crippen LogP contribution in [-0.2, 0) is 17.6 Å². The molecule has 0 unspecified atom stereocenters. The van der Waals surface area contributed by atoms with Crippen molar-refractivity contribution in [3.63, 3.8) is 0 Å². The van der Waals surface area contributed by atoms with Crippen LogP contribution in [0.5, 0.6) is 5.75 Å². The van der Waals surface area contributed by atoms with Gasteiger partial charge in [-0.25, -0.2) is 9.97 Å². The summed E-state index contributed by atoms with van der Waals surface area (Å²) >= 11 is 0. The summed E-state index contributed by atoms with van der Waals surface area (Å²) in [6, 6.07) is 4.36. The Morgan fingerprint density at radius 1 is 1.27 bits per heavy atom. The van der Waals surface area contributed by atoms with Crippen LogP contribution >= 0.6 is 0 Å². The Bertz CT molecular complexity index is 1010. The van der Waals surface area contributed by atoms with Crippen LogP contribution < -0.4 is 9.64 Å². The summed E-state index contributed by atoms with van der Waals surface area (Å²) < 4.78 is 6.26. The van der Waals surface area contributed by atoms with Gasteiger partial charge in [0, 0.05) is 56.0 Å². The van der Waals surface area contributed by atoms with Crippen molar-refractivity contribution in [2.45, 2.75) is 71.9 Å². The zero-order valence-corrected chi connectivity index (χ0v) is 20.9. The van der Waals surface area contributed by atoms with Gasteiger partial charge in [0.2, 0.25) is 0 Å². The molecule has 2 aliphatic rings. The Balaban J connectivity index is 1.57. The first kappa shape index (κ1) is 23.6. The number of Topliss-reactive ketones (excluding diaryl/α,β-unsaturated/α-hetero) is 1. The molecule has 7 nitrogen and oxygen atoms in total. The first-order chi connectivity index (χ1) is 15.6. The van der Waals surface area contributed by atoms with Crippen molar-refractivity contribution in [3.8, 4) is 17.3 Å². The van der Waals surface area contributed by atoms with Gasteiger partial charge in [0.25, 0.3) is 0 Å². The third-order valence-corrected chi connectivity index (χ3v) is 6.53. The number of ether oxygens (including phenoxy) is 1. The molecule has 4 rings (SSSR count). The van der Waals surface area contributed by atoms with Crippen LogP contribution in [-0.4, -0.2) is 65.0 Å². The molecule has 178 valence electrons. The zero-order valence-electron chi connectivity index (χ0n) is 20.9. The molecule has 1 aliphatic carbocycles. The second kappa shape index (κ2) is 9.37. The van der Waals surface area contributed by atoms with Crippen LogP contribution in [0.3, 0.4) is 0 Å². The van der Waals surface area contributed by atoms with Crippen molar-refractivity contribution in [3.05, 3.63) is 29.6 Å². The van der Waals surface area contributed by atoms with Crippen LogP contribution in [0.4, 0.5) is 5.82 Å². The van der Waals surface area contributed by atoms with E-state index in [1.165, 1.54) is 5.56 Å². The van der Waals surface area contributed by atoms with Crippen LogP contribution in [0.1, 0.15) is 58.2 Å².